The van der Waals surface area contributed by atoms with Gasteiger partial charge in [0.25, 0.3) is 0 Å². The van der Waals surface area contributed by atoms with Gasteiger partial charge in [-0.1, -0.05) is 78.9 Å². The molecule has 1 nitrogen and oxygen atoms in total. The van der Waals surface area contributed by atoms with Crippen LogP contribution in [-0.4, -0.2) is 4.57 Å². The van der Waals surface area contributed by atoms with Crippen molar-refractivity contribution in [3.63, 3.8) is 0 Å². The highest BCUT2D eigenvalue weighted by Gasteiger charge is 2.31. The van der Waals surface area contributed by atoms with Gasteiger partial charge in [-0.3, -0.25) is 0 Å². The molecule has 3 aliphatic rings. The molecule has 0 saturated heterocycles. The van der Waals surface area contributed by atoms with E-state index in [1.54, 1.807) is 11.1 Å². The van der Waals surface area contributed by atoms with Crippen molar-refractivity contribution in [2.24, 2.45) is 0 Å². The van der Waals surface area contributed by atoms with Crippen LogP contribution in [0.25, 0.3) is 49.7 Å². The summed E-state index contributed by atoms with van der Waals surface area (Å²) in [5, 5.41) is 2.83. The lowest BCUT2D eigenvalue weighted by Crippen LogP contribution is -2.07. The van der Waals surface area contributed by atoms with Gasteiger partial charge >= 0.3 is 0 Å². The van der Waals surface area contributed by atoms with E-state index in [4.69, 9.17) is 0 Å². The van der Waals surface area contributed by atoms with Crippen molar-refractivity contribution < 1.29 is 0 Å². The average Bonchev–Trinajstić information content (AvgIpc) is 3.54. The Hall–Kier alpha value is -4.10. The molecular weight excluding hydrogens is 410 g/mol. The summed E-state index contributed by atoms with van der Waals surface area (Å²) in [6.07, 6.45) is 3.11. The van der Waals surface area contributed by atoms with Gasteiger partial charge in [0, 0.05) is 22.9 Å². The van der Waals surface area contributed by atoms with E-state index in [2.05, 4.69) is 95.6 Å². The van der Waals surface area contributed by atoms with Gasteiger partial charge in [0.2, 0.25) is 0 Å². The topological polar surface area (TPSA) is 4.93 Å². The second-order valence-corrected chi connectivity index (χ2v) is 10.1. The monoisotopic (exact) mass is 431 g/mol. The highest BCUT2D eigenvalue weighted by molar-refractivity contribution is 6.18. The number of aromatic nitrogens is 1. The Bertz CT molecular complexity index is 1880. The Balaban J connectivity index is 1.39. The summed E-state index contributed by atoms with van der Waals surface area (Å²) in [7, 11) is 0. The van der Waals surface area contributed by atoms with Gasteiger partial charge < -0.3 is 4.57 Å². The molecule has 0 bridgehead atoms. The Morgan fingerprint density at radius 2 is 1.26 bits per heavy atom. The largest absolute Gasteiger partial charge is 0.309 e. The highest BCUT2D eigenvalue weighted by atomic mass is 15.0. The third-order valence-corrected chi connectivity index (χ3v) is 8.48. The quantitative estimate of drug-likeness (QED) is 0.231. The summed E-state index contributed by atoms with van der Waals surface area (Å²) in [5.41, 5.74) is 18.7. The lowest BCUT2D eigenvalue weighted by atomic mass is 9.94. The molecule has 0 saturated carbocycles. The Labute approximate surface area is 197 Å². The van der Waals surface area contributed by atoms with Crippen LogP contribution in [0.15, 0.2) is 91.0 Å². The molecule has 2 heterocycles. The zero-order valence-electron chi connectivity index (χ0n) is 18.7. The van der Waals surface area contributed by atoms with Crippen LogP contribution in [0.3, 0.4) is 0 Å². The number of rotatable bonds is 0. The number of hydrogen-bond donors (Lipinski definition) is 0. The Kier molecular flexibility index (Phi) is 3.00. The fraction of sp³-hybridized carbons (Fsp3) is 0.0909. The first-order valence-corrected chi connectivity index (χ1v) is 12.3. The molecule has 0 amide bonds. The molecule has 1 aliphatic heterocycles. The molecule has 9 rings (SSSR count). The van der Waals surface area contributed by atoms with Crippen LogP contribution < -0.4 is 0 Å². The molecular formula is C33H21N. The first kappa shape index (κ1) is 17.4. The minimum absolute atomic E-state index is 1.01. The van der Waals surface area contributed by atoms with E-state index in [1.807, 2.05) is 0 Å². The minimum Gasteiger partial charge on any atom is -0.309 e. The second-order valence-electron chi connectivity index (χ2n) is 10.1. The van der Waals surface area contributed by atoms with Crippen molar-refractivity contribution in [2.45, 2.75) is 19.3 Å². The Morgan fingerprint density at radius 1 is 0.500 bits per heavy atom. The number of hydrogen-bond acceptors (Lipinski definition) is 0. The molecule has 0 atom stereocenters. The van der Waals surface area contributed by atoms with E-state index in [0.29, 0.717) is 0 Å². The van der Waals surface area contributed by atoms with Crippen LogP contribution in [0.2, 0.25) is 0 Å². The molecule has 0 unspecified atom stereocenters. The van der Waals surface area contributed by atoms with Crippen molar-refractivity contribution >= 4 is 21.8 Å². The second kappa shape index (κ2) is 5.87. The van der Waals surface area contributed by atoms with Crippen LogP contribution in [0.4, 0.5) is 0 Å². The molecule has 0 spiro atoms. The predicted octanol–water partition coefficient (Wildman–Crippen LogP) is 7.83. The molecule has 2 aliphatic carbocycles. The van der Waals surface area contributed by atoms with Crippen molar-refractivity contribution in [2.75, 3.05) is 0 Å². The highest BCUT2D eigenvalue weighted by Crippen LogP contribution is 2.51. The van der Waals surface area contributed by atoms with Gasteiger partial charge in [-0.15, -0.1) is 0 Å². The zero-order valence-corrected chi connectivity index (χ0v) is 18.7. The summed E-state index contributed by atoms with van der Waals surface area (Å²) < 4.78 is 2.53. The standard InChI is InChI=1S/C33H21N/c1-3-9-23-19(6-1)17-27-24(23)13-14-25-28(27)18-21-12-15-30-32(31(21)25)26-10-5-8-22-16-20-7-2-4-11-29(20)34(30)33(22)26/h1-15H,16-18H2. The third kappa shape index (κ3) is 1.94. The molecule has 1 heteroatoms. The molecule has 5 aromatic carbocycles. The summed E-state index contributed by atoms with van der Waals surface area (Å²) in [4.78, 5) is 0. The number of fused-ring (bicyclic) bond motifs is 13. The van der Waals surface area contributed by atoms with Gasteiger partial charge in [0.1, 0.15) is 0 Å². The van der Waals surface area contributed by atoms with E-state index in [-0.39, 0.29) is 0 Å². The maximum atomic E-state index is 2.53. The van der Waals surface area contributed by atoms with Crippen LogP contribution in [0, 0.1) is 0 Å². The van der Waals surface area contributed by atoms with Crippen molar-refractivity contribution in [1.29, 1.82) is 0 Å². The van der Waals surface area contributed by atoms with E-state index in [9.17, 15) is 0 Å². The molecule has 0 radical (unpaired) electrons. The predicted molar refractivity (Wildman–Crippen MR) is 140 cm³/mol. The molecule has 1 aromatic heterocycles. The summed E-state index contributed by atoms with van der Waals surface area (Å²) in [6.45, 7) is 0. The third-order valence-electron chi connectivity index (χ3n) is 8.48. The normalized spacial score (nSPS) is 14.1. The average molecular weight is 432 g/mol. The van der Waals surface area contributed by atoms with Crippen molar-refractivity contribution in [1.82, 2.24) is 4.57 Å². The maximum absolute atomic E-state index is 2.53. The smallest absolute Gasteiger partial charge is 0.0576 e. The van der Waals surface area contributed by atoms with Gasteiger partial charge in [-0.25, -0.2) is 0 Å². The van der Waals surface area contributed by atoms with Gasteiger partial charge in [-0.05, 0) is 80.6 Å². The first-order chi connectivity index (χ1) is 16.9. The van der Waals surface area contributed by atoms with Gasteiger partial charge in [-0.2, -0.15) is 0 Å². The lowest BCUT2D eigenvalue weighted by molar-refractivity contribution is 1.04. The van der Waals surface area contributed by atoms with Gasteiger partial charge in [0.15, 0.2) is 0 Å². The maximum Gasteiger partial charge on any atom is 0.0576 e. The van der Waals surface area contributed by atoms with Crippen molar-refractivity contribution in [3.8, 4) is 27.9 Å². The Morgan fingerprint density at radius 3 is 2.24 bits per heavy atom. The van der Waals surface area contributed by atoms with E-state index in [1.165, 1.54) is 72.0 Å². The van der Waals surface area contributed by atoms with E-state index < -0.39 is 0 Å². The fourth-order valence-corrected chi connectivity index (χ4v) is 7.10. The summed E-state index contributed by atoms with van der Waals surface area (Å²) >= 11 is 0. The van der Waals surface area contributed by atoms with Crippen LogP contribution in [0.1, 0.15) is 33.4 Å². The van der Waals surface area contributed by atoms with E-state index in [0.717, 1.165) is 19.3 Å². The number of benzene rings is 5. The number of para-hydroxylation sites is 2. The van der Waals surface area contributed by atoms with Crippen LogP contribution in [-0.2, 0) is 19.3 Å². The molecule has 34 heavy (non-hydrogen) atoms. The first-order valence-electron chi connectivity index (χ1n) is 12.3. The molecule has 6 aromatic rings. The van der Waals surface area contributed by atoms with E-state index >= 15 is 0 Å². The molecule has 0 fully saturated rings. The molecule has 158 valence electrons. The molecule has 0 N–H and O–H groups in total. The summed E-state index contributed by atoms with van der Waals surface area (Å²) in [6, 6.07) is 34.3. The number of nitrogens with zero attached hydrogens (tertiary/aromatic N) is 1. The van der Waals surface area contributed by atoms with Crippen molar-refractivity contribution in [3.05, 3.63) is 124 Å². The summed E-state index contributed by atoms with van der Waals surface area (Å²) in [5.74, 6) is 0. The zero-order chi connectivity index (χ0) is 22.0. The van der Waals surface area contributed by atoms with Gasteiger partial charge in [0.05, 0.1) is 11.0 Å². The minimum atomic E-state index is 1.01. The SMILES string of the molecule is c1ccc2c(c1)Cc1c-2ccc2c1Cc1ccc3c(c1-2)c1cccc2c1n3-c1ccccc1C2. The van der Waals surface area contributed by atoms with Crippen LogP contribution >= 0.6 is 0 Å². The fourth-order valence-electron chi connectivity index (χ4n) is 7.10. The lowest BCUT2D eigenvalue weighted by Gasteiger charge is -2.20. The van der Waals surface area contributed by atoms with Crippen LogP contribution in [0.5, 0.6) is 0 Å².